The fraction of sp³-hybridized carbons (Fsp3) is 0.562. The van der Waals surface area contributed by atoms with Crippen molar-refractivity contribution in [3.63, 3.8) is 0 Å². The third-order valence-electron chi connectivity index (χ3n) is 9.02. The molecule has 2 heterocycles. The van der Waals surface area contributed by atoms with Crippen LogP contribution in [0.2, 0.25) is 0 Å². The first-order valence-corrected chi connectivity index (χ1v) is 14.3. The molecule has 1 aliphatic carbocycles. The Morgan fingerprint density at radius 2 is 2.00 bits per heavy atom. The van der Waals surface area contributed by atoms with Crippen LogP contribution < -0.4 is 5.32 Å². The first-order valence-electron chi connectivity index (χ1n) is 14.3. The standard InChI is InChI=1S/C32H41N3O/c1-3-22-19-35-32-29(18-33)27(21(2)9-7-8-14-36)17-28(31(22)32)24-12-13-25-15-26(20-34-30(25)16-24)23-10-5-4-6-11-23/h12-13,16-17,20-23,26,35-36H,3-11,14-15,19H2,1-2H3. The van der Waals surface area contributed by atoms with Gasteiger partial charge >= 0.3 is 0 Å². The molecule has 1 saturated carbocycles. The number of aliphatic hydroxyl groups excluding tert-OH is 1. The molecule has 2 aliphatic heterocycles. The Morgan fingerprint density at radius 1 is 1.17 bits per heavy atom. The normalized spacial score (nSPS) is 21.9. The van der Waals surface area contributed by atoms with Gasteiger partial charge in [0.2, 0.25) is 0 Å². The highest BCUT2D eigenvalue weighted by molar-refractivity contribution is 5.85. The van der Waals surface area contributed by atoms with E-state index >= 15 is 0 Å². The van der Waals surface area contributed by atoms with Crippen molar-refractivity contribution in [1.82, 2.24) is 0 Å². The molecule has 3 atom stereocenters. The number of hydrogen-bond donors (Lipinski definition) is 2. The third kappa shape index (κ3) is 4.83. The SMILES string of the molecule is CCC1CNc2c(C#N)c(C(C)CCCCO)cc(-c3ccc4c(c3)N=CC(C3CCCCC3)C4)c21. The zero-order chi connectivity index (χ0) is 25.1. The minimum Gasteiger partial charge on any atom is -0.396 e. The lowest BCUT2D eigenvalue weighted by atomic mass is 9.76. The molecule has 1 fully saturated rings. The van der Waals surface area contributed by atoms with E-state index in [2.05, 4.69) is 55.7 Å². The fourth-order valence-electron chi connectivity index (χ4n) is 6.83. The molecule has 3 unspecified atom stereocenters. The minimum absolute atomic E-state index is 0.226. The van der Waals surface area contributed by atoms with E-state index in [0.717, 1.165) is 67.1 Å². The highest BCUT2D eigenvalue weighted by Gasteiger charge is 2.31. The lowest BCUT2D eigenvalue weighted by Crippen LogP contribution is -2.23. The summed E-state index contributed by atoms with van der Waals surface area (Å²) >= 11 is 0. The second kappa shape index (κ2) is 11.2. The fourth-order valence-corrected chi connectivity index (χ4v) is 6.83. The van der Waals surface area contributed by atoms with Crippen LogP contribution in [0.5, 0.6) is 0 Å². The number of rotatable bonds is 8. The summed E-state index contributed by atoms with van der Waals surface area (Å²) < 4.78 is 0. The van der Waals surface area contributed by atoms with Gasteiger partial charge in [-0.3, -0.25) is 4.99 Å². The molecule has 0 bridgehead atoms. The molecule has 0 saturated heterocycles. The molecule has 3 aliphatic rings. The average Bonchev–Trinajstić information content (AvgIpc) is 3.36. The van der Waals surface area contributed by atoms with Crippen LogP contribution >= 0.6 is 0 Å². The van der Waals surface area contributed by atoms with Crippen molar-refractivity contribution < 1.29 is 5.11 Å². The van der Waals surface area contributed by atoms with Gasteiger partial charge < -0.3 is 10.4 Å². The van der Waals surface area contributed by atoms with Gasteiger partial charge in [-0.15, -0.1) is 0 Å². The Balaban J connectivity index is 1.52. The topological polar surface area (TPSA) is 68.4 Å². The van der Waals surface area contributed by atoms with Gasteiger partial charge in [-0.2, -0.15) is 5.26 Å². The molecule has 190 valence electrons. The summed E-state index contributed by atoms with van der Waals surface area (Å²) in [6.07, 6.45) is 14.0. The van der Waals surface area contributed by atoms with E-state index < -0.39 is 0 Å². The molecule has 0 amide bonds. The zero-order valence-electron chi connectivity index (χ0n) is 22.0. The van der Waals surface area contributed by atoms with Crippen LogP contribution in [0.15, 0.2) is 29.3 Å². The van der Waals surface area contributed by atoms with Crippen molar-refractivity contribution in [2.24, 2.45) is 16.8 Å². The van der Waals surface area contributed by atoms with Crippen LogP contribution in [0.25, 0.3) is 11.1 Å². The van der Waals surface area contributed by atoms with Crippen LogP contribution in [-0.2, 0) is 6.42 Å². The molecule has 4 nitrogen and oxygen atoms in total. The Morgan fingerprint density at radius 3 is 2.75 bits per heavy atom. The number of benzene rings is 2. The summed E-state index contributed by atoms with van der Waals surface area (Å²) in [5.74, 6) is 2.06. The van der Waals surface area contributed by atoms with Gasteiger partial charge in [0.05, 0.1) is 16.9 Å². The van der Waals surface area contributed by atoms with Crippen molar-refractivity contribution in [2.75, 3.05) is 18.5 Å². The molecule has 2 aromatic carbocycles. The number of nitrogens with zero attached hydrogens (tertiary/aromatic N) is 2. The van der Waals surface area contributed by atoms with Gasteiger partial charge in [-0.25, -0.2) is 0 Å². The van der Waals surface area contributed by atoms with Crippen LogP contribution in [0.1, 0.15) is 106 Å². The number of aliphatic hydroxyl groups is 1. The highest BCUT2D eigenvalue weighted by Crippen LogP contribution is 2.47. The van der Waals surface area contributed by atoms with Gasteiger partial charge in [0, 0.05) is 31.2 Å². The molecule has 4 heteroatoms. The number of anilines is 1. The van der Waals surface area contributed by atoms with E-state index in [4.69, 9.17) is 4.99 Å². The number of nitriles is 1. The van der Waals surface area contributed by atoms with Crippen LogP contribution in [0.3, 0.4) is 0 Å². The highest BCUT2D eigenvalue weighted by atomic mass is 16.2. The number of unbranched alkanes of at least 4 members (excludes halogenated alkanes) is 1. The number of aliphatic imine (C=N–C) groups is 1. The maximum Gasteiger partial charge on any atom is 0.102 e. The second-order valence-corrected chi connectivity index (χ2v) is 11.3. The smallest absolute Gasteiger partial charge is 0.102 e. The average molecular weight is 484 g/mol. The molecule has 2 N–H and O–H groups in total. The summed E-state index contributed by atoms with van der Waals surface area (Å²) in [6, 6.07) is 11.7. The summed E-state index contributed by atoms with van der Waals surface area (Å²) in [4.78, 5) is 4.99. The molecule has 0 spiro atoms. The predicted molar refractivity (Wildman–Crippen MR) is 149 cm³/mol. The Labute approximate surface area is 216 Å². The summed E-state index contributed by atoms with van der Waals surface area (Å²) in [5, 5.41) is 23.0. The summed E-state index contributed by atoms with van der Waals surface area (Å²) in [7, 11) is 0. The lowest BCUT2D eigenvalue weighted by Gasteiger charge is -2.30. The van der Waals surface area contributed by atoms with Crippen LogP contribution in [-0.4, -0.2) is 24.5 Å². The quantitative estimate of drug-likeness (QED) is 0.375. The van der Waals surface area contributed by atoms with Crippen LogP contribution in [0, 0.1) is 23.2 Å². The summed E-state index contributed by atoms with van der Waals surface area (Å²) in [5.41, 5.74) is 9.27. The number of hydrogen-bond acceptors (Lipinski definition) is 4. The van der Waals surface area contributed by atoms with Crippen molar-refractivity contribution in [3.05, 3.63) is 46.5 Å². The third-order valence-corrected chi connectivity index (χ3v) is 9.02. The van der Waals surface area contributed by atoms with E-state index in [-0.39, 0.29) is 12.5 Å². The van der Waals surface area contributed by atoms with Gasteiger partial charge in [0.1, 0.15) is 6.07 Å². The van der Waals surface area contributed by atoms with Crippen molar-refractivity contribution >= 4 is 17.6 Å². The largest absolute Gasteiger partial charge is 0.396 e. The predicted octanol–water partition coefficient (Wildman–Crippen LogP) is 7.87. The Bertz CT molecular complexity index is 1150. The molecule has 36 heavy (non-hydrogen) atoms. The first-order chi connectivity index (χ1) is 17.6. The number of fused-ring (bicyclic) bond motifs is 2. The van der Waals surface area contributed by atoms with E-state index in [1.54, 1.807) is 0 Å². The molecular weight excluding hydrogens is 442 g/mol. The number of nitrogens with one attached hydrogen (secondary N) is 1. The first kappa shape index (κ1) is 25.0. The van der Waals surface area contributed by atoms with E-state index in [1.165, 1.54) is 54.4 Å². The van der Waals surface area contributed by atoms with Crippen molar-refractivity contribution in [1.29, 1.82) is 5.26 Å². The van der Waals surface area contributed by atoms with Gasteiger partial charge in [0.15, 0.2) is 0 Å². The van der Waals surface area contributed by atoms with Gasteiger partial charge in [-0.1, -0.05) is 51.7 Å². The van der Waals surface area contributed by atoms with Crippen LogP contribution in [0.4, 0.5) is 11.4 Å². The minimum atomic E-state index is 0.226. The van der Waals surface area contributed by atoms with E-state index in [9.17, 15) is 10.4 Å². The summed E-state index contributed by atoms with van der Waals surface area (Å²) in [6.45, 7) is 5.58. The molecule has 5 rings (SSSR count). The monoisotopic (exact) mass is 483 g/mol. The zero-order valence-corrected chi connectivity index (χ0v) is 22.0. The van der Waals surface area contributed by atoms with Crippen molar-refractivity contribution in [3.8, 4) is 17.2 Å². The maximum absolute atomic E-state index is 10.2. The van der Waals surface area contributed by atoms with E-state index in [0.29, 0.717) is 11.8 Å². The molecule has 2 aromatic rings. The molecule has 0 radical (unpaired) electrons. The maximum atomic E-state index is 10.2. The lowest BCUT2D eigenvalue weighted by molar-refractivity contribution is 0.281. The van der Waals surface area contributed by atoms with E-state index in [1.807, 2.05) is 0 Å². The Kier molecular flexibility index (Phi) is 7.77. The van der Waals surface area contributed by atoms with Gasteiger partial charge in [0.25, 0.3) is 0 Å². The second-order valence-electron chi connectivity index (χ2n) is 11.3. The molecule has 0 aromatic heterocycles. The van der Waals surface area contributed by atoms with Crippen molar-refractivity contribution in [2.45, 2.75) is 89.9 Å². The van der Waals surface area contributed by atoms with Gasteiger partial charge in [-0.05, 0) is 90.3 Å². The molecular formula is C32H41N3O. The Hall–Kier alpha value is -2.64.